The van der Waals surface area contributed by atoms with Crippen molar-refractivity contribution in [3.8, 4) is 0 Å². The Bertz CT molecular complexity index is 119. The Kier molecular flexibility index (Phi) is 292. The maximum atomic E-state index is 7.61. The Balaban J connectivity index is -0.00000000859. The molecular formula is C12H48Fe3O18. The summed E-state index contributed by atoms with van der Waals surface area (Å²) < 4.78 is 0. The molecule has 24 N–H and O–H groups in total. The molecule has 0 atom stereocenters. The molecule has 0 aliphatic rings. The third-order valence-corrected chi connectivity index (χ3v) is 0. The van der Waals surface area contributed by atoms with Gasteiger partial charge in [0.05, 0.1) is 0 Å². The molecule has 0 aliphatic heterocycles. The molecule has 18 nitrogen and oxygen atoms in total. The minimum Gasteiger partial charge on any atom is -0.412 e. The maximum absolute atomic E-state index is 7.61. The van der Waals surface area contributed by atoms with E-state index in [0.29, 0.717) is 0 Å². The summed E-state index contributed by atoms with van der Waals surface area (Å²) in [5.74, 6) is 0. The topological polar surface area (TPSA) is 432 Å². The second-order valence-corrected chi connectivity index (χ2v) is 3.79. The van der Waals surface area contributed by atoms with Crippen LogP contribution >= 0.6 is 0 Å². The minimum absolute atomic E-state index is 0. The van der Waals surface area contributed by atoms with E-state index in [1.54, 1.807) is 0 Å². The molecule has 0 unspecified atom stereocenters. The van der Waals surface area contributed by atoms with Gasteiger partial charge in [-0.05, 0) is 41.5 Å². The number of rotatable bonds is 0. The molecule has 0 aromatic rings. The van der Waals surface area contributed by atoms with Crippen LogP contribution < -0.4 is 0 Å². The Morgan fingerprint density at radius 2 is 0.242 bits per heavy atom. The van der Waals surface area contributed by atoms with E-state index in [2.05, 4.69) is 0 Å². The number of hydrogen-bond acceptors (Lipinski definition) is 12. The van der Waals surface area contributed by atoms with Crippen LogP contribution in [-0.4, -0.2) is 132 Å². The van der Waals surface area contributed by atoms with Crippen LogP contribution in [0.1, 0.15) is 41.5 Å². The Morgan fingerprint density at radius 1 is 0.242 bits per heavy atom. The van der Waals surface area contributed by atoms with E-state index in [0.717, 1.165) is 0 Å². The van der Waals surface area contributed by atoms with E-state index in [1.165, 1.54) is 41.5 Å². The van der Waals surface area contributed by atoms with Gasteiger partial charge in [0.1, 0.15) is 37.7 Å². The third-order valence-electron chi connectivity index (χ3n) is 0. The van der Waals surface area contributed by atoms with Crippen LogP contribution in [0.2, 0.25) is 0 Å². The van der Waals surface area contributed by atoms with Crippen molar-refractivity contribution in [2.75, 3.05) is 0 Å². The average Bonchev–Trinajstić information content (AvgIpc) is 2.08. The van der Waals surface area contributed by atoms with Crippen LogP contribution in [0.5, 0.6) is 0 Å². The van der Waals surface area contributed by atoms with E-state index in [1.807, 2.05) is 0 Å². The molecule has 0 radical (unpaired) electrons. The molecular weight excluding hydrogens is 600 g/mol. The van der Waals surface area contributed by atoms with E-state index in [4.69, 9.17) is 61.3 Å². The molecule has 0 heterocycles. The molecule has 228 valence electrons. The largest absolute Gasteiger partial charge is 0.412 e. The molecule has 0 aromatic carbocycles. The van der Waals surface area contributed by atoms with Crippen molar-refractivity contribution in [1.82, 2.24) is 0 Å². The summed E-state index contributed by atoms with van der Waals surface area (Å²) in [5, 5.41) is 91.3. The molecule has 0 rings (SSSR count). The zero-order valence-electron chi connectivity index (χ0n) is 18.9. The van der Waals surface area contributed by atoms with Gasteiger partial charge in [-0.1, -0.05) is 0 Å². The van der Waals surface area contributed by atoms with Gasteiger partial charge in [0.15, 0.2) is 0 Å². The molecule has 33 heavy (non-hydrogen) atoms. The van der Waals surface area contributed by atoms with Crippen LogP contribution in [0.25, 0.3) is 0 Å². The molecule has 0 saturated carbocycles. The fourth-order valence-electron chi connectivity index (χ4n) is 0. The minimum atomic E-state index is -1.17. The molecule has 0 aliphatic carbocycles. The van der Waals surface area contributed by atoms with Crippen molar-refractivity contribution in [3.05, 3.63) is 0 Å². The fourth-order valence-corrected chi connectivity index (χ4v) is 0. The fraction of sp³-hybridized carbons (Fsp3) is 1.00. The zero-order chi connectivity index (χ0) is 21.5. The van der Waals surface area contributed by atoms with E-state index in [-0.39, 0.29) is 84.1 Å². The van der Waals surface area contributed by atoms with Crippen molar-refractivity contribution >= 4 is 0 Å². The van der Waals surface area contributed by atoms with Crippen molar-refractivity contribution in [3.63, 3.8) is 0 Å². The number of aliphatic hydroxyl groups is 12. The summed E-state index contributed by atoms with van der Waals surface area (Å²) in [7, 11) is 0. The molecule has 0 fully saturated rings. The van der Waals surface area contributed by atoms with Gasteiger partial charge in [0.2, 0.25) is 0 Å². The van der Waals surface area contributed by atoms with Gasteiger partial charge < -0.3 is 94.1 Å². The van der Waals surface area contributed by atoms with Crippen LogP contribution in [0, 0.1) is 0 Å². The Morgan fingerprint density at radius 3 is 0.242 bits per heavy atom. The Hall–Kier alpha value is 0.838. The summed E-state index contributed by atoms with van der Waals surface area (Å²) in [5.41, 5.74) is 0. The van der Waals surface area contributed by atoms with E-state index in [9.17, 15) is 0 Å². The molecule has 0 bridgehead atoms. The number of aliphatic hydroxyl groups excluding tert-OH is 6. The summed E-state index contributed by atoms with van der Waals surface area (Å²) in [4.78, 5) is 0. The van der Waals surface area contributed by atoms with Gasteiger partial charge in [-0.25, -0.2) is 0 Å². The predicted octanol–water partition coefficient (Wildman–Crippen LogP) is -9.05. The van der Waals surface area contributed by atoms with Crippen molar-refractivity contribution in [2.24, 2.45) is 0 Å². The number of hydrogen-bond donors (Lipinski definition) is 12. The first-order valence-electron chi connectivity index (χ1n) is 6.56. The Labute approximate surface area is 224 Å². The predicted molar refractivity (Wildman–Crippen MR) is 105 cm³/mol. The average molecular weight is 648 g/mol. The first-order valence-corrected chi connectivity index (χ1v) is 6.56. The zero-order valence-corrected chi connectivity index (χ0v) is 22.2. The molecule has 0 spiro atoms. The molecule has 21 heteroatoms. The van der Waals surface area contributed by atoms with Crippen LogP contribution in [0.15, 0.2) is 0 Å². The van der Waals surface area contributed by atoms with Gasteiger partial charge in [-0.2, -0.15) is 0 Å². The standard InChI is InChI=1S/6C2H6O2.3Fe.6H2O/c6*1-2(3)4;;;;;;;;;/h6*2-4H,1H3;;;;6*1H2. The molecule has 0 amide bonds. The van der Waals surface area contributed by atoms with Crippen molar-refractivity contribution < 1.29 is 145 Å². The molecule has 0 aromatic heterocycles. The first-order chi connectivity index (χ1) is 10.4. The summed E-state index contributed by atoms with van der Waals surface area (Å²) >= 11 is 0. The third kappa shape index (κ3) is 44400. The SMILES string of the molecule is CC(O)O.CC(O)O.CC(O)O.CC(O)O.CC(O)O.CC(O)O.O.O.O.O.O.O.[Fe].[Fe].[Fe]. The van der Waals surface area contributed by atoms with Crippen molar-refractivity contribution in [2.45, 2.75) is 79.3 Å². The smallest absolute Gasteiger partial charge is 0.148 e. The second-order valence-electron chi connectivity index (χ2n) is 3.79. The quantitative estimate of drug-likeness (QED) is 0.0861. The van der Waals surface area contributed by atoms with Crippen molar-refractivity contribution in [1.29, 1.82) is 0 Å². The summed E-state index contributed by atoms with van der Waals surface area (Å²) in [6, 6.07) is 0. The summed E-state index contributed by atoms with van der Waals surface area (Å²) in [6.45, 7) is 7.67. The van der Waals surface area contributed by atoms with Crippen LogP contribution in [0.4, 0.5) is 0 Å². The normalized spacial score (nSPS) is 6.55. The van der Waals surface area contributed by atoms with Crippen LogP contribution in [0.3, 0.4) is 0 Å². The maximum Gasteiger partial charge on any atom is 0.148 e. The van der Waals surface area contributed by atoms with Gasteiger partial charge >= 0.3 is 0 Å². The second kappa shape index (κ2) is 93.8. The van der Waals surface area contributed by atoms with E-state index >= 15 is 0 Å². The van der Waals surface area contributed by atoms with E-state index < -0.39 is 37.7 Å². The van der Waals surface area contributed by atoms with Crippen LogP contribution in [-0.2, 0) is 51.2 Å². The van der Waals surface area contributed by atoms with Gasteiger partial charge in [0, 0.05) is 51.2 Å². The first kappa shape index (κ1) is 103. The van der Waals surface area contributed by atoms with Gasteiger partial charge in [-0.3, -0.25) is 0 Å². The molecule has 0 saturated heterocycles. The monoisotopic (exact) mass is 648 g/mol. The van der Waals surface area contributed by atoms with Gasteiger partial charge in [-0.15, -0.1) is 0 Å². The van der Waals surface area contributed by atoms with Gasteiger partial charge in [0.25, 0.3) is 0 Å². The summed E-state index contributed by atoms with van der Waals surface area (Å²) in [6.07, 6.45) is -7.00.